The zero-order valence-corrected chi connectivity index (χ0v) is 7.33. The van der Waals surface area contributed by atoms with Crippen LogP contribution in [0.25, 0.3) is 0 Å². The summed E-state index contributed by atoms with van der Waals surface area (Å²) < 4.78 is 5.46. The molecule has 1 spiro atoms. The Morgan fingerprint density at radius 3 is 2.75 bits per heavy atom. The van der Waals surface area contributed by atoms with Crippen LogP contribution in [0.15, 0.2) is 0 Å². The minimum absolute atomic E-state index is 0.107. The lowest BCUT2D eigenvalue weighted by atomic mass is 10.2. The lowest BCUT2D eigenvalue weighted by Gasteiger charge is -2.14. The van der Waals surface area contributed by atoms with Gasteiger partial charge in [0.25, 0.3) is 0 Å². The molecule has 3 N–H and O–H groups in total. The molecule has 2 saturated carbocycles. The fourth-order valence-corrected chi connectivity index (χ4v) is 2.19. The topological polar surface area (TPSA) is 55.5 Å². The first-order valence-electron chi connectivity index (χ1n) is 4.75. The third kappa shape index (κ3) is 1.37. The average molecular weight is 171 g/mol. The quantitative estimate of drug-likeness (QED) is 0.618. The molecule has 2 unspecified atom stereocenters. The van der Waals surface area contributed by atoms with Crippen LogP contribution in [0.3, 0.4) is 0 Å². The lowest BCUT2D eigenvalue weighted by Crippen LogP contribution is -2.28. The third-order valence-electron chi connectivity index (χ3n) is 3.25. The molecule has 2 rings (SSSR count). The molecule has 2 aliphatic rings. The fourth-order valence-electron chi connectivity index (χ4n) is 2.19. The molecule has 12 heavy (non-hydrogen) atoms. The Morgan fingerprint density at radius 1 is 1.58 bits per heavy atom. The van der Waals surface area contributed by atoms with Crippen molar-refractivity contribution in [2.24, 2.45) is 17.1 Å². The monoisotopic (exact) mass is 171 g/mol. The van der Waals surface area contributed by atoms with Crippen LogP contribution in [0.2, 0.25) is 0 Å². The molecule has 0 heterocycles. The van der Waals surface area contributed by atoms with Crippen LogP contribution < -0.4 is 5.73 Å². The Balaban J connectivity index is 1.75. The van der Waals surface area contributed by atoms with Gasteiger partial charge < -0.3 is 15.6 Å². The summed E-state index contributed by atoms with van der Waals surface area (Å²) in [4.78, 5) is 0. The normalized spacial score (nSPS) is 32.0. The van der Waals surface area contributed by atoms with Crippen LogP contribution in [-0.4, -0.2) is 31.0 Å². The Labute approximate surface area is 72.9 Å². The van der Waals surface area contributed by atoms with Crippen molar-refractivity contribution in [3.05, 3.63) is 0 Å². The second kappa shape index (κ2) is 2.98. The van der Waals surface area contributed by atoms with Crippen LogP contribution in [-0.2, 0) is 4.74 Å². The molecule has 2 atom stereocenters. The van der Waals surface area contributed by atoms with E-state index >= 15 is 0 Å². The van der Waals surface area contributed by atoms with E-state index in [1.54, 1.807) is 0 Å². The van der Waals surface area contributed by atoms with E-state index in [-0.39, 0.29) is 12.7 Å². The van der Waals surface area contributed by atoms with Crippen molar-refractivity contribution < 1.29 is 9.84 Å². The highest BCUT2D eigenvalue weighted by Gasteiger charge is 2.64. The average Bonchev–Trinajstić information content (AvgIpc) is 2.97. The van der Waals surface area contributed by atoms with Gasteiger partial charge in [-0.05, 0) is 30.6 Å². The Hall–Kier alpha value is -0.120. The van der Waals surface area contributed by atoms with E-state index in [9.17, 15) is 0 Å². The largest absolute Gasteiger partial charge is 0.394 e. The van der Waals surface area contributed by atoms with E-state index in [2.05, 4.69) is 0 Å². The molecular weight excluding hydrogens is 154 g/mol. The molecule has 0 aromatic heterocycles. The SMILES string of the molecule is NCC(OCCO)C1CC12CC2. The maximum absolute atomic E-state index is 8.59. The molecule has 70 valence electrons. The molecule has 0 aromatic rings. The van der Waals surface area contributed by atoms with Crippen molar-refractivity contribution in [2.75, 3.05) is 19.8 Å². The highest BCUT2D eigenvalue weighted by molar-refractivity contribution is 5.14. The van der Waals surface area contributed by atoms with Crippen molar-refractivity contribution in [2.45, 2.75) is 25.4 Å². The summed E-state index contributed by atoms with van der Waals surface area (Å²) in [7, 11) is 0. The van der Waals surface area contributed by atoms with Gasteiger partial charge in [-0.3, -0.25) is 0 Å². The molecule has 3 heteroatoms. The van der Waals surface area contributed by atoms with E-state index < -0.39 is 0 Å². The summed E-state index contributed by atoms with van der Waals surface area (Å²) >= 11 is 0. The van der Waals surface area contributed by atoms with Gasteiger partial charge in [0.1, 0.15) is 0 Å². The highest BCUT2D eigenvalue weighted by Crippen LogP contribution is 2.71. The van der Waals surface area contributed by atoms with Crippen LogP contribution >= 0.6 is 0 Å². The fraction of sp³-hybridized carbons (Fsp3) is 1.00. The van der Waals surface area contributed by atoms with Crippen LogP contribution in [0, 0.1) is 11.3 Å². The van der Waals surface area contributed by atoms with Gasteiger partial charge in [0, 0.05) is 6.54 Å². The van der Waals surface area contributed by atoms with Gasteiger partial charge in [0.2, 0.25) is 0 Å². The van der Waals surface area contributed by atoms with E-state index in [0.29, 0.717) is 24.5 Å². The molecule has 0 saturated heterocycles. The number of hydrogen-bond donors (Lipinski definition) is 2. The number of aliphatic hydroxyl groups is 1. The van der Waals surface area contributed by atoms with Gasteiger partial charge in [0.15, 0.2) is 0 Å². The molecule has 2 fully saturated rings. The molecule has 0 bridgehead atoms. The first-order valence-corrected chi connectivity index (χ1v) is 4.75. The number of aliphatic hydroxyl groups excluding tert-OH is 1. The van der Waals surface area contributed by atoms with Gasteiger partial charge in [0.05, 0.1) is 19.3 Å². The first-order chi connectivity index (χ1) is 5.82. The minimum atomic E-state index is 0.107. The minimum Gasteiger partial charge on any atom is -0.394 e. The summed E-state index contributed by atoms with van der Waals surface area (Å²) in [6.07, 6.45) is 4.26. The van der Waals surface area contributed by atoms with Crippen molar-refractivity contribution in [1.29, 1.82) is 0 Å². The number of ether oxygens (including phenoxy) is 1. The van der Waals surface area contributed by atoms with Crippen molar-refractivity contribution in [3.63, 3.8) is 0 Å². The van der Waals surface area contributed by atoms with Crippen LogP contribution in [0.1, 0.15) is 19.3 Å². The van der Waals surface area contributed by atoms with E-state index in [0.717, 1.165) is 0 Å². The molecule has 0 radical (unpaired) electrons. The van der Waals surface area contributed by atoms with Crippen molar-refractivity contribution >= 4 is 0 Å². The summed E-state index contributed by atoms with van der Waals surface area (Å²) in [5, 5.41) is 8.59. The smallest absolute Gasteiger partial charge is 0.0732 e. The Kier molecular flexibility index (Phi) is 2.10. The highest BCUT2D eigenvalue weighted by atomic mass is 16.5. The van der Waals surface area contributed by atoms with Gasteiger partial charge in [-0.25, -0.2) is 0 Å². The third-order valence-corrected chi connectivity index (χ3v) is 3.25. The second-order valence-electron chi connectivity index (χ2n) is 4.04. The summed E-state index contributed by atoms with van der Waals surface area (Å²) in [6.45, 7) is 1.15. The van der Waals surface area contributed by atoms with Crippen LogP contribution in [0.5, 0.6) is 0 Å². The maximum atomic E-state index is 8.59. The predicted octanol–water partition coefficient (Wildman–Crippen LogP) is 0.123. The predicted molar refractivity (Wildman–Crippen MR) is 45.7 cm³/mol. The van der Waals surface area contributed by atoms with E-state index in [1.165, 1.54) is 19.3 Å². The molecule has 3 nitrogen and oxygen atoms in total. The summed E-state index contributed by atoms with van der Waals surface area (Å²) in [6, 6.07) is 0. The molecule has 0 aromatic carbocycles. The standard InChI is InChI=1S/C9H17NO2/c10-6-8(12-4-3-11)7-5-9(7)1-2-9/h7-8,11H,1-6,10H2. The van der Waals surface area contributed by atoms with Gasteiger partial charge in [-0.15, -0.1) is 0 Å². The van der Waals surface area contributed by atoms with Gasteiger partial charge in [-0.2, -0.15) is 0 Å². The van der Waals surface area contributed by atoms with Gasteiger partial charge >= 0.3 is 0 Å². The van der Waals surface area contributed by atoms with Crippen molar-refractivity contribution in [1.82, 2.24) is 0 Å². The zero-order chi connectivity index (χ0) is 8.60. The molecular formula is C9H17NO2. The molecule has 0 aliphatic heterocycles. The van der Waals surface area contributed by atoms with Crippen molar-refractivity contribution in [3.8, 4) is 0 Å². The number of rotatable bonds is 5. The molecule has 0 amide bonds. The summed E-state index contributed by atoms with van der Waals surface area (Å²) in [5.74, 6) is 0.703. The maximum Gasteiger partial charge on any atom is 0.0732 e. The van der Waals surface area contributed by atoms with Crippen LogP contribution in [0.4, 0.5) is 0 Å². The zero-order valence-electron chi connectivity index (χ0n) is 7.33. The lowest BCUT2D eigenvalue weighted by molar-refractivity contribution is 0.0177. The van der Waals surface area contributed by atoms with E-state index in [4.69, 9.17) is 15.6 Å². The van der Waals surface area contributed by atoms with Gasteiger partial charge in [-0.1, -0.05) is 0 Å². The first kappa shape index (κ1) is 8.48. The Bertz CT molecular complexity index is 168. The summed E-state index contributed by atoms with van der Waals surface area (Å²) in [5.41, 5.74) is 6.25. The molecule has 2 aliphatic carbocycles. The van der Waals surface area contributed by atoms with E-state index in [1.807, 2.05) is 0 Å². The Morgan fingerprint density at radius 2 is 2.33 bits per heavy atom. The second-order valence-corrected chi connectivity index (χ2v) is 4.04. The number of nitrogens with two attached hydrogens (primary N) is 1. The number of hydrogen-bond acceptors (Lipinski definition) is 3.